The molecule has 0 radical (unpaired) electrons. The Morgan fingerprint density at radius 1 is 1.38 bits per heavy atom. The molecule has 0 aliphatic heterocycles. The largest absolute Gasteiger partial charge is 0.396 e. The van der Waals surface area contributed by atoms with Crippen LogP contribution in [0.1, 0.15) is 18.0 Å². The number of nitriles is 1. The Bertz CT molecular complexity index is 390. The van der Waals surface area contributed by atoms with Crippen molar-refractivity contribution in [2.24, 2.45) is 0 Å². The quantitative estimate of drug-likeness (QED) is 0.805. The number of aliphatic hydroxyl groups excluding tert-OH is 1. The smallest absolute Gasteiger partial charge is 0.121 e. The van der Waals surface area contributed by atoms with Gasteiger partial charge in [0.1, 0.15) is 6.04 Å². The van der Waals surface area contributed by atoms with Crippen LogP contribution in [0.25, 0.3) is 0 Å². The molecule has 0 aromatic heterocycles. The van der Waals surface area contributed by atoms with Gasteiger partial charge in [-0.05, 0) is 62.5 Å². The first-order valence-corrected chi connectivity index (χ1v) is 6.46. The van der Waals surface area contributed by atoms with Gasteiger partial charge in [-0.2, -0.15) is 5.26 Å². The van der Waals surface area contributed by atoms with E-state index in [9.17, 15) is 0 Å². The molecule has 1 aromatic carbocycles. The minimum atomic E-state index is -0.337. The molecule has 0 heterocycles. The van der Waals surface area contributed by atoms with Crippen LogP contribution in [0.3, 0.4) is 0 Å². The third-order valence-corrected chi connectivity index (χ3v) is 3.97. The van der Waals surface area contributed by atoms with Gasteiger partial charge in [-0.15, -0.1) is 0 Å². The molecule has 5 heteroatoms. The third-order valence-electron chi connectivity index (χ3n) is 2.09. The lowest BCUT2D eigenvalue weighted by Crippen LogP contribution is -2.21. The molecule has 0 saturated heterocycles. The fourth-order valence-electron chi connectivity index (χ4n) is 1.26. The maximum Gasteiger partial charge on any atom is 0.121 e. The maximum absolute atomic E-state index is 9.04. The predicted octanol–water partition coefficient (Wildman–Crippen LogP) is 2.75. The summed E-state index contributed by atoms with van der Waals surface area (Å²) in [6.07, 6.45) is 0.649. The number of hydrogen-bond acceptors (Lipinski definition) is 3. The molecular formula is C11H12Br2N2O. The first kappa shape index (κ1) is 13.7. The normalized spacial score (nSPS) is 12.1. The highest BCUT2D eigenvalue weighted by atomic mass is 79.9. The highest BCUT2D eigenvalue weighted by Gasteiger charge is 2.10. The van der Waals surface area contributed by atoms with Crippen molar-refractivity contribution in [2.45, 2.75) is 12.5 Å². The zero-order valence-corrected chi connectivity index (χ0v) is 11.8. The van der Waals surface area contributed by atoms with Crippen molar-refractivity contribution < 1.29 is 5.11 Å². The second-order valence-corrected chi connectivity index (χ2v) is 4.98. The summed E-state index contributed by atoms with van der Waals surface area (Å²) in [7, 11) is 0. The molecule has 0 saturated carbocycles. The van der Waals surface area contributed by atoms with E-state index in [-0.39, 0.29) is 12.6 Å². The number of nitrogens with zero attached hydrogens (tertiary/aromatic N) is 1. The van der Waals surface area contributed by atoms with E-state index < -0.39 is 0 Å². The molecule has 0 amide bonds. The molecule has 16 heavy (non-hydrogen) atoms. The van der Waals surface area contributed by atoms with Crippen LogP contribution in [0, 0.1) is 11.3 Å². The first-order valence-electron chi connectivity index (χ1n) is 4.88. The number of nitrogens with one attached hydrogen (secondary N) is 1. The molecule has 1 rings (SSSR count). The fraction of sp³-hybridized carbons (Fsp3) is 0.364. The number of halogens is 2. The van der Waals surface area contributed by atoms with Crippen molar-refractivity contribution in [2.75, 3.05) is 13.2 Å². The molecule has 0 aliphatic rings. The van der Waals surface area contributed by atoms with Crippen LogP contribution in [0.5, 0.6) is 0 Å². The Labute approximate surface area is 112 Å². The van der Waals surface area contributed by atoms with E-state index >= 15 is 0 Å². The zero-order valence-electron chi connectivity index (χ0n) is 8.58. The fourth-order valence-corrected chi connectivity index (χ4v) is 1.90. The number of benzene rings is 1. The van der Waals surface area contributed by atoms with E-state index in [0.29, 0.717) is 13.0 Å². The van der Waals surface area contributed by atoms with Crippen molar-refractivity contribution in [3.8, 4) is 6.07 Å². The van der Waals surface area contributed by atoms with E-state index in [1.807, 2.05) is 18.2 Å². The maximum atomic E-state index is 9.04. The van der Waals surface area contributed by atoms with Crippen molar-refractivity contribution >= 4 is 31.9 Å². The summed E-state index contributed by atoms with van der Waals surface area (Å²) in [5, 5.41) is 20.8. The van der Waals surface area contributed by atoms with Crippen LogP contribution in [0.4, 0.5) is 0 Å². The van der Waals surface area contributed by atoms with E-state index in [0.717, 1.165) is 14.5 Å². The zero-order chi connectivity index (χ0) is 12.0. The summed E-state index contributed by atoms with van der Waals surface area (Å²) < 4.78 is 1.89. The standard InChI is InChI=1S/C11H12Br2N2O/c12-9-3-2-8(6-10(9)13)11(7-14)15-4-1-5-16/h2-3,6,11,15-16H,1,4-5H2. The molecule has 1 aromatic rings. The lowest BCUT2D eigenvalue weighted by molar-refractivity contribution is 0.285. The molecule has 86 valence electrons. The Morgan fingerprint density at radius 2 is 2.12 bits per heavy atom. The Kier molecular flexibility index (Phi) is 5.99. The second-order valence-electron chi connectivity index (χ2n) is 3.27. The molecular weight excluding hydrogens is 336 g/mol. The summed E-state index contributed by atoms with van der Waals surface area (Å²) in [6, 6.07) is 7.56. The van der Waals surface area contributed by atoms with Crippen molar-refractivity contribution in [1.82, 2.24) is 5.32 Å². The Morgan fingerprint density at radius 3 is 2.69 bits per heavy atom. The first-order chi connectivity index (χ1) is 7.69. The molecule has 2 N–H and O–H groups in total. The van der Waals surface area contributed by atoms with Gasteiger partial charge in [0.2, 0.25) is 0 Å². The molecule has 0 spiro atoms. The molecule has 1 unspecified atom stereocenters. The summed E-state index contributed by atoms with van der Waals surface area (Å²) >= 11 is 6.78. The van der Waals surface area contributed by atoms with Gasteiger partial charge in [-0.25, -0.2) is 0 Å². The van der Waals surface area contributed by atoms with Crippen LogP contribution in [0.15, 0.2) is 27.1 Å². The molecule has 3 nitrogen and oxygen atoms in total. The van der Waals surface area contributed by atoms with Gasteiger partial charge in [0.05, 0.1) is 6.07 Å². The SMILES string of the molecule is N#CC(NCCCO)c1ccc(Br)c(Br)c1. The Balaban J connectivity index is 2.72. The van der Waals surface area contributed by atoms with E-state index in [2.05, 4.69) is 43.2 Å². The minimum absolute atomic E-state index is 0.134. The second kappa shape index (κ2) is 7.02. The topological polar surface area (TPSA) is 56.0 Å². The summed E-state index contributed by atoms with van der Waals surface area (Å²) in [6.45, 7) is 0.761. The van der Waals surface area contributed by atoms with E-state index in [1.165, 1.54) is 0 Å². The van der Waals surface area contributed by atoms with Gasteiger partial charge in [0, 0.05) is 15.6 Å². The highest BCUT2D eigenvalue weighted by Crippen LogP contribution is 2.26. The van der Waals surface area contributed by atoms with Crippen LogP contribution in [-0.2, 0) is 0 Å². The molecule has 1 atom stereocenters. The monoisotopic (exact) mass is 346 g/mol. The van der Waals surface area contributed by atoms with Gasteiger partial charge in [0.25, 0.3) is 0 Å². The molecule has 0 fully saturated rings. The van der Waals surface area contributed by atoms with E-state index in [4.69, 9.17) is 10.4 Å². The predicted molar refractivity (Wildman–Crippen MR) is 69.9 cm³/mol. The molecule has 0 bridgehead atoms. The van der Waals surface area contributed by atoms with Crippen molar-refractivity contribution in [3.63, 3.8) is 0 Å². The minimum Gasteiger partial charge on any atom is -0.396 e. The average Bonchev–Trinajstić information content (AvgIpc) is 2.29. The van der Waals surface area contributed by atoms with Crippen LogP contribution in [0.2, 0.25) is 0 Å². The van der Waals surface area contributed by atoms with Gasteiger partial charge >= 0.3 is 0 Å². The van der Waals surface area contributed by atoms with Gasteiger partial charge < -0.3 is 5.11 Å². The van der Waals surface area contributed by atoms with Gasteiger partial charge in [-0.1, -0.05) is 6.07 Å². The number of aliphatic hydroxyl groups is 1. The lowest BCUT2D eigenvalue weighted by atomic mass is 10.1. The molecule has 0 aliphatic carbocycles. The van der Waals surface area contributed by atoms with Crippen molar-refractivity contribution in [1.29, 1.82) is 5.26 Å². The van der Waals surface area contributed by atoms with Crippen LogP contribution < -0.4 is 5.32 Å². The van der Waals surface area contributed by atoms with Crippen LogP contribution in [-0.4, -0.2) is 18.3 Å². The average molecular weight is 348 g/mol. The summed E-state index contributed by atoms with van der Waals surface area (Å²) in [4.78, 5) is 0. The highest BCUT2D eigenvalue weighted by molar-refractivity contribution is 9.13. The Hall–Kier alpha value is -0.410. The number of hydrogen-bond donors (Lipinski definition) is 2. The third kappa shape index (κ3) is 3.87. The van der Waals surface area contributed by atoms with Crippen molar-refractivity contribution in [3.05, 3.63) is 32.7 Å². The van der Waals surface area contributed by atoms with E-state index in [1.54, 1.807) is 0 Å². The lowest BCUT2D eigenvalue weighted by Gasteiger charge is -2.12. The summed E-state index contributed by atoms with van der Waals surface area (Å²) in [5.41, 5.74) is 0.913. The van der Waals surface area contributed by atoms with Gasteiger partial charge in [0.15, 0.2) is 0 Å². The van der Waals surface area contributed by atoms with Crippen LogP contribution >= 0.6 is 31.9 Å². The summed E-state index contributed by atoms with van der Waals surface area (Å²) in [5.74, 6) is 0. The van der Waals surface area contributed by atoms with Gasteiger partial charge in [-0.3, -0.25) is 5.32 Å². The number of rotatable bonds is 5.